The van der Waals surface area contributed by atoms with Crippen LogP contribution in [0.1, 0.15) is 39.0 Å². The third-order valence-electron chi connectivity index (χ3n) is 2.72. The van der Waals surface area contributed by atoms with Crippen LogP contribution in [0.25, 0.3) is 0 Å². The Labute approximate surface area is 75.6 Å². The van der Waals surface area contributed by atoms with Crippen LogP contribution in [0.15, 0.2) is 0 Å². The van der Waals surface area contributed by atoms with Gasteiger partial charge < -0.3 is 5.11 Å². The number of aliphatic hydroxyl groups is 1. The Bertz CT molecular complexity index is 116. The van der Waals surface area contributed by atoms with Gasteiger partial charge in [0, 0.05) is 6.04 Å². The number of hydrogen-bond donors (Lipinski definition) is 1. The molecule has 0 aliphatic carbocycles. The van der Waals surface area contributed by atoms with Gasteiger partial charge in [0.1, 0.15) is 0 Å². The van der Waals surface area contributed by atoms with Gasteiger partial charge in [0.2, 0.25) is 0 Å². The molecular formula is C10H21NO. The first-order chi connectivity index (χ1) is 5.88. The molecule has 0 aromatic carbocycles. The molecule has 1 rings (SSSR count). The van der Waals surface area contributed by atoms with E-state index < -0.39 is 0 Å². The SMILES string of the molecule is CCCN1CCCCCC1CO. The second kappa shape index (κ2) is 5.55. The van der Waals surface area contributed by atoms with Crippen LogP contribution in [-0.4, -0.2) is 35.7 Å². The van der Waals surface area contributed by atoms with Crippen molar-refractivity contribution in [3.8, 4) is 0 Å². The summed E-state index contributed by atoms with van der Waals surface area (Å²) in [5.41, 5.74) is 0. The lowest BCUT2D eigenvalue weighted by molar-refractivity contribution is 0.124. The second-order valence-electron chi connectivity index (χ2n) is 3.72. The maximum absolute atomic E-state index is 9.17. The molecule has 1 unspecified atom stereocenters. The Kier molecular flexibility index (Phi) is 4.62. The molecule has 1 atom stereocenters. The van der Waals surface area contributed by atoms with Crippen molar-refractivity contribution in [1.29, 1.82) is 0 Å². The molecule has 0 saturated carbocycles. The monoisotopic (exact) mass is 171 g/mol. The van der Waals surface area contributed by atoms with Crippen molar-refractivity contribution >= 4 is 0 Å². The molecule has 0 aromatic heterocycles. The van der Waals surface area contributed by atoms with E-state index in [0.717, 1.165) is 6.54 Å². The molecule has 12 heavy (non-hydrogen) atoms. The van der Waals surface area contributed by atoms with E-state index in [0.29, 0.717) is 12.6 Å². The van der Waals surface area contributed by atoms with Crippen LogP contribution in [-0.2, 0) is 0 Å². The molecule has 1 heterocycles. The zero-order chi connectivity index (χ0) is 8.81. The van der Waals surface area contributed by atoms with Crippen LogP contribution in [0, 0.1) is 0 Å². The van der Waals surface area contributed by atoms with Crippen LogP contribution in [0.2, 0.25) is 0 Å². The quantitative estimate of drug-likeness (QED) is 0.697. The van der Waals surface area contributed by atoms with E-state index in [4.69, 9.17) is 0 Å². The van der Waals surface area contributed by atoms with Gasteiger partial charge in [0.05, 0.1) is 6.61 Å². The van der Waals surface area contributed by atoms with E-state index in [1.165, 1.54) is 38.6 Å². The topological polar surface area (TPSA) is 23.5 Å². The predicted molar refractivity (Wildman–Crippen MR) is 51.2 cm³/mol. The van der Waals surface area contributed by atoms with Crippen molar-refractivity contribution in [1.82, 2.24) is 4.90 Å². The van der Waals surface area contributed by atoms with Gasteiger partial charge in [-0.1, -0.05) is 19.8 Å². The Morgan fingerprint density at radius 3 is 2.83 bits per heavy atom. The zero-order valence-corrected chi connectivity index (χ0v) is 8.13. The summed E-state index contributed by atoms with van der Waals surface area (Å²) in [7, 11) is 0. The average Bonchev–Trinajstić information content (AvgIpc) is 2.30. The van der Waals surface area contributed by atoms with Gasteiger partial charge in [-0.05, 0) is 32.4 Å². The van der Waals surface area contributed by atoms with E-state index in [9.17, 15) is 5.11 Å². The average molecular weight is 171 g/mol. The maximum atomic E-state index is 9.17. The highest BCUT2D eigenvalue weighted by molar-refractivity contribution is 4.73. The van der Waals surface area contributed by atoms with Gasteiger partial charge in [-0.15, -0.1) is 0 Å². The first-order valence-corrected chi connectivity index (χ1v) is 5.23. The van der Waals surface area contributed by atoms with Crippen molar-refractivity contribution in [2.24, 2.45) is 0 Å². The molecule has 72 valence electrons. The lowest BCUT2D eigenvalue weighted by atomic mass is 10.1. The number of nitrogens with zero attached hydrogens (tertiary/aromatic N) is 1. The minimum Gasteiger partial charge on any atom is -0.395 e. The van der Waals surface area contributed by atoms with Crippen molar-refractivity contribution in [2.75, 3.05) is 19.7 Å². The normalized spacial score (nSPS) is 27.0. The summed E-state index contributed by atoms with van der Waals surface area (Å²) < 4.78 is 0. The van der Waals surface area contributed by atoms with Crippen molar-refractivity contribution in [3.05, 3.63) is 0 Å². The first kappa shape index (κ1) is 10.0. The van der Waals surface area contributed by atoms with Crippen LogP contribution in [0.3, 0.4) is 0 Å². The highest BCUT2D eigenvalue weighted by Crippen LogP contribution is 2.16. The Balaban J connectivity index is 2.39. The second-order valence-corrected chi connectivity index (χ2v) is 3.72. The van der Waals surface area contributed by atoms with E-state index >= 15 is 0 Å². The minimum atomic E-state index is 0.347. The number of hydrogen-bond acceptors (Lipinski definition) is 2. The predicted octanol–water partition coefficient (Wildman–Crippen LogP) is 1.63. The van der Waals surface area contributed by atoms with Crippen molar-refractivity contribution in [2.45, 2.75) is 45.1 Å². The van der Waals surface area contributed by atoms with Crippen LogP contribution < -0.4 is 0 Å². The summed E-state index contributed by atoms with van der Waals surface area (Å²) in [4.78, 5) is 2.45. The van der Waals surface area contributed by atoms with Crippen LogP contribution in [0.4, 0.5) is 0 Å². The van der Waals surface area contributed by atoms with Crippen LogP contribution in [0.5, 0.6) is 0 Å². The fraction of sp³-hybridized carbons (Fsp3) is 1.00. The summed E-state index contributed by atoms with van der Waals surface area (Å²) in [6.07, 6.45) is 6.35. The molecule has 0 radical (unpaired) electrons. The summed E-state index contributed by atoms with van der Waals surface area (Å²) in [6, 6.07) is 0.451. The Morgan fingerprint density at radius 2 is 2.17 bits per heavy atom. The van der Waals surface area contributed by atoms with Gasteiger partial charge in [-0.25, -0.2) is 0 Å². The molecule has 1 fully saturated rings. The molecule has 1 aliphatic heterocycles. The molecule has 1 N–H and O–H groups in total. The summed E-state index contributed by atoms with van der Waals surface area (Å²) in [5.74, 6) is 0. The van der Waals surface area contributed by atoms with Crippen molar-refractivity contribution in [3.63, 3.8) is 0 Å². The van der Waals surface area contributed by atoms with E-state index in [2.05, 4.69) is 11.8 Å². The Hall–Kier alpha value is -0.0800. The largest absolute Gasteiger partial charge is 0.395 e. The summed E-state index contributed by atoms with van der Waals surface area (Å²) in [6.45, 7) is 4.91. The highest BCUT2D eigenvalue weighted by atomic mass is 16.3. The molecule has 0 bridgehead atoms. The molecular weight excluding hydrogens is 150 g/mol. The fourth-order valence-electron chi connectivity index (χ4n) is 2.03. The zero-order valence-electron chi connectivity index (χ0n) is 8.13. The lowest BCUT2D eigenvalue weighted by Gasteiger charge is -2.27. The third-order valence-corrected chi connectivity index (χ3v) is 2.72. The Morgan fingerprint density at radius 1 is 1.33 bits per heavy atom. The molecule has 2 heteroatoms. The van der Waals surface area contributed by atoms with Gasteiger partial charge in [-0.3, -0.25) is 4.90 Å². The lowest BCUT2D eigenvalue weighted by Crippen LogP contribution is -2.37. The smallest absolute Gasteiger partial charge is 0.0586 e. The summed E-state index contributed by atoms with van der Waals surface area (Å²) in [5, 5.41) is 9.17. The number of likely N-dealkylation sites (tertiary alicyclic amines) is 1. The summed E-state index contributed by atoms with van der Waals surface area (Å²) >= 11 is 0. The molecule has 2 nitrogen and oxygen atoms in total. The molecule has 0 aromatic rings. The molecule has 0 amide bonds. The van der Waals surface area contributed by atoms with Gasteiger partial charge >= 0.3 is 0 Å². The van der Waals surface area contributed by atoms with E-state index in [-0.39, 0.29) is 0 Å². The van der Waals surface area contributed by atoms with Crippen molar-refractivity contribution < 1.29 is 5.11 Å². The fourth-order valence-corrected chi connectivity index (χ4v) is 2.03. The van der Waals surface area contributed by atoms with Gasteiger partial charge in [0.25, 0.3) is 0 Å². The molecule has 0 spiro atoms. The third kappa shape index (κ3) is 2.76. The molecule has 1 saturated heterocycles. The number of rotatable bonds is 3. The minimum absolute atomic E-state index is 0.347. The standard InChI is InChI=1S/C10H21NO/c1-2-7-11-8-5-3-4-6-10(11)9-12/h10,12H,2-9H2,1H3. The van der Waals surface area contributed by atoms with Crippen LogP contribution >= 0.6 is 0 Å². The maximum Gasteiger partial charge on any atom is 0.0586 e. The van der Waals surface area contributed by atoms with E-state index in [1.54, 1.807) is 0 Å². The van der Waals surface area contributed by atoms with Gasteiger partial charge in [-0.2, -0.15) is 0 Å². The number of aliphatic hydroxyl groups excluding tert-OH is 1. The molecule has 1 aliphatic rings. The van der Waals surface area contributed by atoms with E-state index in [1.807, 2.05) is 0 Å². The highest BCUT2D eigenvalue weighted by Gasteiger charge is 2.18. The first-order valence-electron chi connectivity index (χ1n) is 5.23. The van der Waals surface area contributed by atoms with Gasteiger partial charge in [0.15, 0.2) is 0 Å².